The Morgan fingerprint density at radius 2 is 1.90 bits per heavy atom. The molecule has 0 aliphatic carbocycles. The maximum atomic E-state index is 10.8. The summed E-state index contributed by atoms with van der Waals surface area (Å²) in [4.78, 5) is 15.1. The lowest BCUT2D eigenvalue weighted by molar-refractivity contribution is 0.0697. The molecule has 1 heterocycles. The van der Waals surface area contributed by atoms with Crippen LogP contribution < -0.4 is 5.32 Å². The number of aromatic carboxylic acids is 1. The van der Waals surface area contributed by atoms with Crippen molar-refractivity contribution >= 4 is 23.1 Å². The van der Waals surface area contributed by atoms with E-state index in [1.54, 1.807) is 12.1 Å². The molecule has 0 radical (unpaired) electrons. The summed E-state index contributed by atoms with van der Waals surface area (Å²) >= 11 is 0. The molecule has 0 saturated heterocycles. The third-order valence-electron chi connectivity index (χ3n) is 3.18. The number of para-hydroxylation sites is 2. The van der Waals surface area contributed by atoms with Crippen LogP contribution in [0.5, 0.6) is 0 Å². The van der Waals surface area contributed by atoms with E-state index in [2.05, 4.69) is 10.3 Å². The Labute approximate surface area is 121 Å². The zero-order valence-corrected chi connectivity index (χ0v) is 11.2. The zero-order valence-electron chi connectivity index (χ0n) is 11.2. The maximum Gasteiger partial charge on any atom is 0.335 e. The second kappa shape index (κ2) is 5.66. The van der Waals surface area contributed by atoms with Gasteiger partial charge in [0.15, 0.2) is 5.58 Å². The number of hydrogen-bond acceptors (Lipinski definition) is 4. The molecule has 0 aliphatic rings. The smallest absolute Gasteiger partial charge is 0.335 e. The third-order valence-corrected chi connectivity index (χ3v) is 3.18. The van der Waals surface area contributed by atoms with Crippen LogP contribution in [0.3, 0.4) is 0 Å². The van der Waals surface area contributed by atoms with Gasteiger partial charge in [-0.2, -0.15) is 4.98 Å². The van der Waals surface area contributed by atoms with Gasteiger partial charge in [0, 0.05) is 6.54 Å². The van der Waals surface area contributed by atoms with Crippen molar-refractivity contribution in [3.05, 3.63) is 59.7 Å². The minimum Gasteiger partial charge on any atom is -0.478 e. The van der Waals surface area contributed by atoms with Crippen molar-refractivity contribution in [2.75, 3.05) is 11.9 Å². The fourth-order valence-corrected chi connectivity index (χ4v) is 2.08. The first-order valence-corrected chi connectivity index (χ1v) is 6.64. The molecule has 0 amide bonds. The highest BCUT2D eigenvalue weighted by Gasteiger charge is 2.04. The van der Waals surface area contributed by atoms with Gasteiger partial charge in [-0.25, -0.2) is 4.79 Å². The standard InChI is InChI=1S/C16H14N2O3/c19-15(20)12-7-5-11(6-8-12)9-10-17-16-18-13-3-1-2-4-14(13)21-16/h1-8H,9-10H2,(H,17,18)(H,19,20). The van der Waals surface area contributed by atoms with Gasteiger partial charge in [-0.3, -0.25) is 0 Å². The van der Waals surface area contributed by atoms with Gasteiger partial charge in [0.05, 0.1) is 5.56 Å². The maximum absolute atomic E-state index is 10.8. The summed E-state index contributed by atoms with van der Waals surface area (Å²) < 4.78 is 5.56. The highest BCUT2D eigenvalue weighted by molar-refractivity contribution is 5.87. The van der Waals surface area contributed by atoms with E-state index in [-0.39, 0.29) is 0 Å². The number of oxazole rings is 1. The average molecular weight is 282 g/mol. The number of anilines is 1. The first-order chi connectivity index (χ1) is 10.2. The van der Waals surface area contributed by atoms with E-state index in [1.165, 1.54) is 0 Å². The number of hydrogen-bond donors (Lipinski definition) is 2. The molecule has 5 nitrogen and oxygen atoms in total. The minimum absolute atomic E-state index is 0.297. The molecule has 0 unspecified atom stereocenters. The quantitative estimate of drug-likeness (QED) is 0.751. The number of aromatic nitrogens is 1. The predicted molar refractivity (Wildman–Crippen MR) is 79.6 cm³/mol. The Balaban J connectivity index is 1.59. The lowest BCUT2D eigenvalue weighted by Gasteiger charge is -2.02. The van der Waals surface area contributed by atoms with E-state index in [0.717, 1.165) is 23.1 Å². The number of carboxylic acid groups (broad SMARTS) is 1. The van der Waals surface area contributed by atoms with E-state index in [1.807, 2.05) is 36.4 Å². The average Bonchev–Trinajstić information content (AvgIpc) is 2.90. The summed E-state index contributed by atoms with van der Waals surface area (Å²) in [5.74, 6) is -0.911. The fourth-order valence-electron chi connectivity index (χ4n) is 2.08. The summed E-state index contributed by atoms with van der Waals surface area (Å²) in [5.41, 5.74) is 2.94. The van der Waals surface area contributed by atoms with E-state index in [4.69, 9.17) is 9.52 Å². The van der Waals surface area contributed by atoms with Crippen molar-refractivity contribution in [3.8, 4) is 0 Å². The van der Waals surface area contributed by atoms with E-state index in [0.29, 0.717) is 18.1 Å². The first kappa shape index (κ1) is 13.2. The number of nitrogens with one attached hydrogen (secondary N) is 1. The minimum atomic E-state index is -0.911. The molecule has 3 rings (SSSR count). The zero-order chi connectivity index (χ0) is 14.7. The molecule has 0 aliphatic heterocycles. The second-order valence-corrected chi connectivity index (χ2v) is 4.67. The second-order valence-electron chi connectivity index (χ2n) is 4.67. The Morgan fingerprint density at radius 1 is 1.14 bits per heavy atom. The molecular formula is C16H14N2O3. The van der Waals surface area contributed by atoms with Crippen molar-refractivity contribution < 1.29 is 14.3 Å². The lowest BCUT2D eigenvalue weighted by atomic mass is 10.1. The molecule has 21 heavy (non-hydrogen) atoms. The van der Waals surface area contributed by atoms with E-state index >= 15 is 0 Å². The topological polar surface area (TPSA) is 75.4 Å². The van der Waals surface area contributed by atoms with E-state index < -0.39 is 5.97 Å². The third kappa shape index (κ3) is 3.02. The van der Waals surface area contributed by atoms with Crippen LogP contribution in [-0.2, 0) is 6.42 Å². The number of rotatable bonds is 5. The molecule has 0 bridgehead atoms. The van der Waals surface area contributed by atoms with Crippen LogP contribution in [0, 0.1) is 0 Å². The Hall–Kier alpha value is -2.82. The van der Waals surface area contributed by atoms with Gasteiger partial charge in [-0.1, -0.05) is 24.3 Å². The molecule has 3 aromatic rings. The van der Waals surface area contributed by atoms with Gasteiger partial charge in [0.25, 0.3) is 6.01 Å². The van der Waals surface area contributed by atoms with Crippen LogP contribution in [0.15, 0.2) is 52.9 Å². The normalized spacial score (nSPS) is 10.7. The first-order valence-electron chi connectivity index (χ1n) is 6.64. The molecule has 1 aromatic heterocycles. The van der Waals surface area contributed by atoms with Crippen LogP contribution in [-0.4, -0.2) is 22.6 Å². The number of carboxylic acids is 1. The summed E-state index contributed by atoms with van der Waals surface area (Å²) in [6, 6.07) is 14.9. The molecule has 106 valence electrons. The van der Waals surface area contributed by atoms with Crippen molar-refractivity contribution in [1.29, 1.82) is 0 Å². The largest absolute Gasteiger partial charge is 0.478 e. The van der Waals surface area contributed by atoms with Crippen molar-refractivity contribution in [2.24, 2.45) is 0 Å². The highest BCUT2D eigenvalue weighted by atomic mass is 16.4. The lowest BCUT2D eigenvalue weighted by Crippen LogP contribution is -2.05. The van der Waals surface area contributed by atoms with Gasteiger partial charge in [-0.15, -0.1) is 0 Å². The van der Waals surface area contributed by atoms with Crippen LogP contribution >= 0.6 is 0 Å². The van der Waals surface area contributed by atoms with Crippen molar-refractivity contribution in [3.63, 3.8) is 0 Å². The Bertz CT molecular complexity index is 730. The van der Waals surface area contributed by atoms with Gasteiger partial charge in [-0.05, 0) is 36.2 Å². The van der Waals surface area contributed by atoms with Crippen LogP contribution in [0.4, 0.5) is 6.01 Å². The van der Waals surface area contributed by atoms with Gasteiger partial charge in [0.2, 0.25) is 0 Å². The van der Waals surface area contributed by atoms with Gasteiger partial charge < -0.3 is 14.8 Å². The number of fused-ring (bicyclic) bond motifs is 1. The monoisotopic (exact) mass is 282 g/mol. The Kier molecular flexibility index (Phi) is 3.55. The summed E-state index contributed by atoms with van der Waals surface area (Å²) in [6.45, 7) is 0.666. The summed E-state index contributed by atoms with van der Waals surface area (Å²) in [6.07, 6.45) is 0.763. The van der Waals surface area contributed by atoms with Crippen molar-refractivity contribution in [1.82, 2.24) is 4.98 Å². The molecule has 2 N–H and O–H groups in total. The molecule has 0 fully saturated rings. The van der Waals surface area contributed by atoms with Crippen LogP contribution in [0.2, 0.25) is 0 Å². The molecule has 5 heteroatoms. The molecular weight excluding hydrogens is 268 g/mol. The number of carbonyl (C=O) groups is 1. The predicted octanol–water partition coefficient (Wildman–Crippen LogP) is 3.18. The summed E-state index contributed by atoms with van der Waals surface area (Å²) in [7, 11) is 0. The van der Waals surface area contributed by atoms with Gasteiger partial charge in [0.1, 0.15) is 5.52 Å². The summed E-state index contributed by atoms with van der Waals surface area (Å²) in [5, 5.41) is 12.0. The molecule has 2 aromatic carbocycles. The Morgan fingerprint density at radius 3 is 2.62 bits per heavy atom. The van der Waals surface area contributed by atoms with Gasteiger partial charge >= 0.3 is 5.97 Å². The van der Waals surface area contributed by atoms with E-state index in [9.17, 15) is 4.79 Å². The molecule has 0 spiro atoms. The SMILES string of the molecule is O=C(O)c1ccc(CCNc2nc3ccccc3o2)cc1. The molecule has 0 atom stereocenters. The van der Waals surface area contributed by atoms with Crippen molar-refractivity contribution in [2.45, 2.75) is 6.42 Å². The number of benzene rings is 2. The van der Waals surface area contributed by atoms with Crippen LogP contribution in [0.1, 0.15) is 15.9 Å². The highest BCUT2D eigenvalue weighted by Crippen LogP contribution is 2.17. The van der Waals surface area contributed by atoms with Crippen LogP contribution in [0.25, 0.3) is 11.1 Å². The molecule has 0 saturated carbocycles. The number of nitrogens with zero attached hydrogens (tertiary/aromatic N) is 1. The fraction of sp³-hybridized carbons (Fsp3) is 0.125.